The number of benzene rings is 1. The molecule has 0 aliphatic carbocycles. The molecule has 13 heteroatoms. The second-order valence-corrected chi connectivity index (χ2v) is 9.21. The summed E-state index contributed by atoms with van der Waals surface area (Å²) < 4.78 is 11.0. The first-order valence-corrected chi connectivity index (χ1v) is 12.0. The number of thioether (sulfide) groups is 1. The summed E-state index contributed by atoms with van der Waals surface area (Å²) in [7, 11) is 0. The van der Waals surface area contributed by atoms with E-state index in [1.165, 1.54) is 6.07 Å². The predicted molar refractivity (Wildman–Crippen MR) is 132 cm³/mol. The van der Waals surface area contributed by atoms with Gasteiger partial charge >= 0.3 is 0 Å². The quantitative estimate of drug-likeness (QED) is 0.323. The van der Waals surface area contributed by atoms with Crippen molar-refractivity contribution in [2.75, 3.05) is 32.8 Å². The highest BCUT2D eigenvalue weighted by Gasteiger charge is 2.29. The van der Waals surface area contributed by atoms with Crippen molar-refractivity contribution >= 4 is 34.9 Å². The third-order valence-corrected chi connectivity index (χ3v) is 6.90. The molecule has 4 rings (SSSR count). The molecule has 0 bridgehead atoms. The van der Waals surface area contributed by atoms with Crippen molar-refractivity contribution < 1.29 is 19.2 Å². The average Bonchev–Trinajstić information content (AvgIpc) is 3.28. The zero-order valence-electron chi connectivity index (χ0n) is 19.1. The van der Waals surface area contributed by atoms with Gasteiger partial charge in [-0.05, 0) is 43.1 Å². The molecular weight excluding hydrogens is 474 g/mol. The second-order valence-electron chi connectivity index (χ2n) is 8.21. The summed E-state index contributed by atoms with van der Waals surface area (Å²) in [5.41, 5.74) is 11.9. The fourth-order valence-electron chi connectivity index (χ4n) is 4.09. The second kappa shape index (κ2) is 10.7. The Kier molecular flexibility index (Phi) is 7.44. The minimum atomic E-state index is -0.485. The first-order chi connectivity index (χ1) is 16.9. The van der Waals surface area contributed by atoms with Crippen molar-refractivity contribution in [2.45, 2.75) is 24.2 Å². The van der Waals surface area contributed by atoms with Crippen LogP contribution in [0.3, 0.4) is 0 Å². The number of nitro benzene ring substituents is 1. The molecule has 1 fully saturated rings. The highest BCUT2D eigenvalue weighted by atomic mass is 32.2. The lowest BCUT2D eigenvalue weighted by Gasteiger charge is -2.30. The summed E-state index contributed by atoms with van der Waals surface area (Å²) in [5.74, 6) is 1.65. The number of carbonyl (C=O) groups is 1. The van der Waals surface area contributed by atoms with E-state index >= 15 is 0 Å². The molecule has 0 aromatic heterocycles. The van der Waals surface area contributed by atoms with E-state index in [2.05, 4.69) is 16.6 Å². The zero-order chi connectivity index (χ0) is 24.9. The van der Waals surface area contributed by atoms with Crippen LogP contribution in [0.1, 0.15) is 19.3 Å². The van der Waals surface area contributed by atoms with Crippen molar-refractivity contribution in [3.05, 3.63) is 46.5 Å². The molecule has 1 aromatic carbocycles. The van der Waals surface area contributed by atoms with E-state index < -0.39 is 4.92 Å². The number of likely N-dealkylation sites (tertiary alicyclic amines) is 1. The van der Waals surface area contributed by atoms with Crippen LogP contribution in [0.4, 0.5) is 5.69 Å². The third-order valence-electron chi connectivity index (χ3n) is 5.98. The molecule has 4 N–H and O–H groups in total. The lowest BCUT2D eigenvalue weighted by Crippen LogP contribution is -2.35. The van der Waals surface area contributed by atoms with Gasteiger partial charge in [-0.15, -0.1) is 0 Å². The van der Waals surface area contributed by atoms with E-state index in [9.17, 15) is 14.9 Å². The first kappa shape index (κ1) is 24.4. The van der Waals surface area contributed by atoms with Crippen LogP contribution in [-0.2, 0) is 4.79 Å². The Hall–Kier alpha value is -3.74. The highest BCUT2D eigenvalue weighted by Crippen LogP contribution is 2.42. The van der Waals surface area contributed by atoms with Crippen molar-refractivity contribution in [3.63, 3.8) is 0 Å². The molecular formula is C22H27N7O5S. The van der Waals surface area contributed by atoms with Crippen LogP contribution >= 0.6 is 11.8 Å². The van der Waals surface area contributed by atoms with E-state index in [0.29, 0.717) is 53.6 Å². The largest absolute Gasteiger partial charge is 0.486 e. The number of ether oxygens (including phenoxy) is 2. The molecule has 186 valence electrons. The maximum Gasteiger partial charge on any atom is 0.287 e. The van der Waals surface area contributed by atoms with E-state index in [0.717, 1.165) is 50.5 Å². The van der Waals surface area contributed by atoms with Gasteiger partial charge < -0.3 is 30.7 Å². The van der Waals surface area contributed by atoms with Gasteiger partial charge in [0.05, 0.1) is 15.9 Å². The molecule has 0 saturated carbocycles. The third kappa shape index (κ3) is 5.50. The summed E-state index contributed by atoms with van der Waals surface area (Å²) in [4.78, 5) is 35.1. The van der Waals surface area contributed by atoms with Gasteiger partial charge in [0, 0.05) is 25.7 Å². The number of nitrogens with zero attached hydrogens (tertiary/aromatic N) is 5. The molecule has 0 unspecified atom stereocenters. The normalized spacial score (nSPS) is 17.5. The lowest BCUT2D eigenvalue weighted by atomic mass is 9.93. The van der Waals surface area contributed by atoms with Gasteiger partial charge in [-0.3, -0.25) is 14.9 Å². The van der Waals surface area contributed by atoms with E-state index in [1.54, 1.807) is 17.2 Å². The molecule has 3 heterocycles. The number of piperidine rings is 1. The zero-order valence-corrected chi connectivity index (χ0v) is 19.9. The number of rotatable bonds is 7. The number of nitrogens with two attached hydrogens (primary N) is 2. The summed E-state index contributed by atoms with van der Waals surface area (Å²) in [6.07, 6.45) is 5.26. The van der Waals surface area contributed by atoms with Crippen LogP contribution in [-0.4, -0.2) is 65.0 Å². The topological polar surface area (TPSA) is 162 Å². The minimum Gasteiger partial charge on any atom is -0.486 e. The number of fused-ring (bicyclic) bond motifs is 1. The average molecular weight is 502 g/mol. The highest BCUT2D eigenvalue weighted by molar-refractivity contribution is 8.14. The predicted octanol–water partition coefficient (Wildman–Crippen LogP) is 2.02. The van der Waals surface area contributed by atoms with Crippen molar-refractivity contribution in [1.29, 1.82) is 0 Å². The molecule has 1 saturated heterocycles. The molecule has 0 radical (unpaired) electrons. The van der Waals surface area contributed by atoms with Crippen LogP contribution in [0.25, 0.3) is 0 Å². The van der Waals surface area contributed by atoms with Crippen LogP contribution in [0.2, 0.25) is 0 Å². The molecule has 1 amide bonds. The van der Waals surface area contributed by atoms with E-state index in [4.69, 9.17) is 20.9 Å². The molecule has 3 aliphatic heterocycles. The number of nitro groups is 1. The van der Waals surface area contributed by atoms with Gasteiger partial charge in [-0.2, -0.15) is 0 Å². The summed E-state index contributed by atoms with van der Waals surface area (Å²) in [6.45, 7) is 6.70. The van der Waals surface area contributed by atoms with Gasteiger partial charge in [0.1, 0.15) is 24.7 Å². The number of carbonyl (C=O) groups excluding carboxylic acids is 1. The van der Waals surface area contributed by atoms with Gasteiger partial charge in [-0.25, -0.2) is 9.98 Å². The van der Waals surface area contributed by atoms with Crippen molar-refractivity contribution in [3.8, 4) is 11.5 Å². The molecule has 35 heavy (non-hydrogen) atoms. The standard InChI is InChI=1S/C22H27N7O5S/c1-2-28(8-5-14-3-6-27(13-30)7-4-14)21-19(20(23)24)25-22(26-21)35-18-12-17-16(33-9-10-34-17)11-15(18)29(31)32/h2,11-14H,1,3-10,23-24H2. The van der Waals surface area contributed by atoms with Gasteiger partial charge in [-0.1, -0.05) is 6.58 Å². The van der Waals surface area contributed by atoms with Gasteiger partial charge in [0.25, 0.3) is 5.69 Å². The summed E-state index contributed by atoms with van der Waals surface area (Å²) in [6, 6.07) is 2.90. The van der Waals surface area contributed by atoms with Crippen molar-refractivity contribution in [2.24, 2.45) is 27.4 Å². The molecule has 12 nitrogen and oxygen atoms in total. The van der Waals surface area contributed by atoms with Gasteiger partial charge in [0.2, 0.25) is 6.41 Å². The summed E-state index contributed by atoms with van der Waals surface area (Å²) in [5, 5.41) is 11.9. The SMILES string of the molecule is C=CN(CCC1CCN(C=O)CC1)C1=NC(Sc2cc3c(cc2[N+](=O)[O-])OCCO3)=NC1=C(N)N. The monoisotopic (exact) mass is 501 g/mol. The maximum atomic E-state index is 11.7. The van der Waals surface area contributed by atoms with Gasteiger partial charge in [0.15, 0.2) is 22.5 Å². The van der Waals surface area contributed by atoms with Crippen LogP contribution in [0.15, 0.2) is 51.3 Å². The van der Waals surface area contributed by atoms with E-state index in [-0.39, 0.29) is 16.7 Å². The Morgan fingerprint density at radius 3 is 2.54 bits per heavy atom. The van der Waals surface area contributed by atoms with E-state index in [1.807, 2.05) is 4.90 Å². The molecule has 0 atom stereocenters. The van der Waals surface area contributed by atoms with Crippen LogP contribution in [0.5, 0.6) is 11.5 Å². The number of amides is 1. The molecule has 3 aliphatic rings. The number of amidine groups is 2. The Labute approximate surface area is 206 Å². The fraction of sp³-hybridized carbons (Fsp3) is 0.409. The minimum absolute atomic E-state index is 0.0119. The van der Waals surface area contributed by atoms with Crippen LogP contribution < -0.4 is 20.9 Å². The number of aliphatic imine (C=N–C) groups is 2. The maximum absolute atomic E-state index is 11.7. The Balaban J connectivity index is 1.52. The Morgan fingerprint density at radius 1 is 1.26 bits per heavy atom. The summed E-state index contributed by atoms with van der Waals surface area (Å²) >= 11 is 1.02. The fourth-order valence-corrected chi connectivity index (χ4v) is 4.96. The van der Waals surface area contributed by atoms with Crippen molar-refractivity contribution in [1.82, 2.24) is 9.80 Å². The Morgan fingerprint density at radius 2 is 1.94 bits per heavy atom. The number of hydrogen-bond donors (Lipinski definition) is 2. The van der Waals surface area contributed by atoms with Crippen LogP contribution in [0, 0.1) is 16.0 Å². The Bertz CT molecular complexity index is 1110. The molecule has 0 spiro atoms. The lowest BCUT2D eigenvalue weighted by molar-refractivity contribution is -0.387. The number of hydrogen-bond acceptors (Lipinski definition) is 11. The smallest absolute Gasteiger partial charge is 0.287 e. The first-order valence-electron chi connectivity index (χ1n) is 11.2. The molecule has 1 aromatic rings.